The van der Waals surface area contributed by atoms with Crippen molar-refractivity contribution in [2.24, 2.45) is 23.7 Å². The third-order valence-electron chi connectivity index (χ3n) is 17.4. The smallest absolute Gasteiger partial charge is 0.261 e. The summed E-state index contributed by atoms with van der Waals surface area (Å²) in [7, 11) is 0. The molecular formula is C66H137F4N9. The van der Waals surface area contributed by atoms with E-state index in [0.29, 0.717) is 44.3 Å². The van der Waals surface area contributed by atoms with E-state index in [4.69, 9.17) is 0 Å². The van der Waals surface area contributed by atoms with Gasteiger partial charge in [0, 0.05) is 139 Å². The molecule has 9 heterocycles. The molecule has 10 rings (SSSR count). The van der Waals surface area contributed by atoms with Gasteiger partial charge >= 0.3 is 0 Å². The summed E-state index contributed by atoms with van der Waals surface area (Å²) in [5, 5.41) is 0. The molecule has 0 spiro atoms. The van der Waals surface area contributed by atoms with Crippen molar-refractivity contribution in [1.82, 2.24) is 44.1 Å². The average molecular weight is 1130 g/mol. The quantitative estimate of drug-likeness (QED) is 0.165. The van der Waals surface area contributed by atoms with Crippen molar-refractivity contribution in [2.75, 3.05) is 118 Å². The van der Waals surface area contributed by atoms with E-state index < -0.39 is 17.8 Å². The fourth-order valence-electron chi connectivity index (χ4n) is 11.1. The number of halogens is 4. The number of rotatable bonds is 9. The Morgan fingerprint density at radius 2 is 0.747 bits per heavy atom. The Labute approximate surface area is 490 Å². The summed E-state index contributed by atoms with van der Waals surface area (Å²) in [4.78, 5) is 21.2. The third-order valence-corrected chi connectivity index (χ3v) is 17.4. The Balaban J connectivity index is 0.000000865. The first-order valence-corrected chi connectivity index (χ1v) is 31.8. The maximum absolute atomic E-state index is 12.8. The summed E-state index contributed by atoms with van der Waals surface area (Å²) >= 11 is 0. The Morgan fingerprint density at radius 1 is 0.380 bits per heavy atom. The Kier molecular flexibility index (Phi) is 38.5. The molecule has 13 heteroatoms. The highest BCUT2D eigenvalue weighted by Gasteiger charge is 2.45. The monoisotopic (exact) mass is 1130 g/mol. The second-order valence-electron chi connectivity index (χ2n) is 27.8. The normalized spacial score (nSPS) is 26.8. The highest BCUT2D eigenvalue weighted by molar-refractivity contribution is 4.98. The molecule has 10 aliphatic rings. The predicted octanol–water partition coefficient (Wildman–Crippen LogP) is 14.2. The molecule has 9 aliphatic heterocycles. The predicted molar refractivity (Wildman–Crippen MR) is 340 cm³/mol. The largest absolute Gasteiger partial charge is 0.301 e. The molecule has 9 fully saturated rings. The first-order chi connectivity index (χ1) is 35.8. The Bertz CT molecular complexity index is 1450. The average Bonchev–Trinajstić information content (AvgIpc) is 4.09. The number of hydrogen-bond acceptors (Lipinski definition) is 9. The lowest BCUT2D eigenvalue weighted by Crippen LogP contribution is -2.59. The summed E-state index contributed by atoms with van der Waals surface area (Å²) in [6.45, 7) is 64.7. The van der Waals surface area contributed by atoms with Crippen LogP contribution in [-0.4, -0.2) is 234 Å². The van der Waals surface area contributed by atoms with Gasteiger partial charge in [-0.3, -0.25) is 19.6 Å². The molecule has 4 atom stereocenters. The van der Waals surface area contributed by atoms with Crippen LogP contribution in [0.15, 0.2) is 12.2 Å². The van der Waals surface area contributed by atoms with Gasteiger partial charge in [-0.1, -0.05) is 40.9 Å². The maximum Gasteiger partial charge on any atom is 0.261 e. The van der Waals surface area contributed by atoms with Crippen molar-refractivity contribution in [2.45, 2.75) is 277 Å². The van der Waals surface area contributed by atoms with Crippen LogP contribution >= 0.6 is 0 Å². The van der Waals surface area contributed by atoms with E-state index in [1.807, 2.05) is 13.8 Å². The Hall–Kier alpha value is -0.900. The lowest BCUT2D eigenvalue weighted by Gasteiger charge is -2.44. The second-order valence-corrected chi connectivity index (χ2v) is 27.8. The molecule has 474 valence electrons. The zero-order valence-corrected chi connectivity index (χ0v) is 54.5. The highest BCUT2D eigenvalue weighted by Crippen LogP contribution is 2.45. The maximum atomic E-state index is 12.8. The molecular weight excluding hydrogens is 995 g/mol. The molecule has 79 heavy (non-hydrogen) atoms. The molecule has 0 aromatic carbocycles. The van der Waals surface area contributed by atoms with Crippen LogP contribution in [0.1, 0.15) is 205 Å². The molecule has 4 unspecified atom stereocenters. The van der Waals surface area contributed by atoms with E-state index in [9.17, 15) is 17.6 Å². The number of nitrogens with zero attached hydrogens (tertiary/aromatic N) is 9. The summed E-state index contributed by atoms with van der Waals surface area (Å²) < 4.78 is 50.3. The van der Waals surface area contributed by atoms with Crippen LogP contribution in [0.25, 0.3) is 0 Å². The van der Waals surface area contributed by atoms with Gasteiger partial charge in [0.25, 0.3) is 5.92 Å². The number of piperidine rings is 1. The Morgan fingerprint density at radius 3 is 0.937 bits per heavy atom. The van der Waals surface area contributed by atoms with Crippen molar-refractivity contribution in [3.63, 3.8) is 0 Å². The third kappa shape index (κ3) is 32.3. The molecule has 0 bridgehead atoms. The first kappa shape index (κ1) is 78.1. The molecule has 0 aromatic rings. The first-order valence-electron chi connectivity index (χ1n) is 31.8. The van der Waals surface area contributed by atoms with E-state index in [1.54, 1.807) is 11.8 Å². The van der Waals surface area contributed by atoms with Crippen molar-refractivity contribution in [1.29, 1.82) is 0 Å². The van der Waals surface area contributed by atoms with Crippen molar-refractivity contribution in [3.8, 4) is 0 Å². The summed E-state index contributed by atoms with van der Waals surface area (Å²) in [6.07, 6.45) is 11.8. The van der Waals surface area contributed by atoms with E-state index in [0.717, 1.165) is 79.9 Å². The molecule has 8 saturated heterocycles. The van der Waals surface area contributed by atoms with Crippen LogP contribution in [-0.2, 0) is 0 Å². The number of fused-ring (bicyclic) bond motifs is 1. The molecule has 0 N–H and O–H groups in total. The molecule has 9 nitrogen and oxygen atoms in total. The summed E-state index contributed by atoms with van der Waals surface area (Å²) in [5.41, 5.74) is -0.899. The van der Waals surface area contributed by atoms with Crippen LogP contribution in [0.3, 0.4) is 0 Å². The zero-order valence-electron chi connectivity index (χ0n) is 54.5. The lowest BCUT2D eigenvalue weighted by molar-refractivity contribution is -0.0359. The minimum absolute atomic E-state index is 0. The van der Waals surface area contributed by atoms with Gasteiger partial charge < -0.3 is 24.5 Å². The molecule has 1 saturated carbocycles. The van der Waals surface area contributed by atoms with Crippen molar-refractivity contribution in [3.05, 3.63) is 12.2 Å². The van der Waals surface area contributed by atoms with Crippen LogP contribution in [0, 0.1) is 23.7 Å². The second kappa shape index (κ2) is 38.9. The van der Waals surface area contributed by atoms with Gasteiger partial charge in [-0.15, -0.1) is 0 Å². The van der Waals surface area contributed by atoms with Crippen molar-refractivity contribution >= 4 is 0 Å². The van der Waals surface area contributed by atoms with Crippen LogP contribution in [0.2, 0.25) is 0 Å². The topological polar surface area (TPSA) is 29.2 Å². The van der Waals surface area contributed by atoms with Gasteiger partial charge in [-0.25, -0.2) is 17.6 Å². The van der Waals surface area contributed by atoms with Gasteiger partial charge in [0.2, 0.25) is 0 Å². The summed E-state index contributed by atoms with van der Waals surface area (Å²) in [6, 6.07) is 5.88. The molecule has 0 aromatic heterocycles. The van der Waals surface area contributed by atoms with E-state index in [1.165, 1.54) is 97.6 Å². The minimum atomic E-state index is -2.43. The highest BCUT2D eigenvalue weighted by atomic mass is 19.3. The number of likely N-dealkylation sites (tertiary alicyclic amines) is 8. The van der Waals surface area contributed by atoms with Gasteiger partial charge in [0.1, 0.15) is 11.8 Å². The fourth-order valence-corrected chi connectivity index (χ4v) is 11.1. The van der Waals surface area contributed by atoms with E-state index in [2.05, 4.69) is 176 Å². The minimum Gasteiger partial charge on any atom is -0.301 e. The summed E-state index contributed by atoms with van der Waals surface area (Å²) in [5.74, 6) is 1.68. The van der Waals surface area contributed by atoms with Gasteiger partial charge in [-0.2, -0.15) is 0 Å². The number of hydrogen-bond donors (Lipinski definition) is 0. The van der Waals surface area contributed by atoms with E-state index in [-0.39, 0.29) is 33.9 Å². The lowest BCUT2D eigenvalue weighted by atomic mass is 9.97. The molecule has 1 aliphatic carbocycles. The number of alkyl halides is 4. The zero-order chi connectivity index (χ0) is 58.4. The van der Waals surface area contributed by atoms with Crippen LogP contribution in [0.5, 0.6) is 0 Å². The van der Waals surface area contributed by atoms with Gasteiger partial charge in [0.05, 0.1) is 6.54 Å². The molecule has 0 radical (unpaired) electrons. The van der Waals surface area contributed by atoms with E-state index >= 15 is 0 Å². The van der Waals surface area contributed by atoms with Crippen LogP contribution in [0.4, 0.5) is 17.6 Å². The van der Waals surface area contributed by atoms with Gasteiger partial charge in [0.15, 0.2) is 0 Å². The van der Waals surface area contributed by atoms with Gasteiger partial charge in [-0.05, 0) is 226 Å². The fraction of sp³-hybridized carbons (Fsp3) is 0.970. The van der Waals surface area contributed by atoms with Crippen molar-refractivity contribution < 1.29 is 17.6 Å². The standard InChI is InChI=1S/C8H15N.C8H17N.C7H13F2N.2C7H14FN.2C7H15N.C7H13N.C6H13N.2CH4/c1-6(2)9-4-7-3-8(7)5-9;1-7(2)9-5-4-8(3)6-9;1-6(2)10-4-3-7(8,9)5-10;1-6(2)9-4-7(3,8)5-9;1-6(2)9-4-3-7(8)5-9;1-6(2)8-4-7(3)5-8;2*1-7(2)8-5-3-4-6-8;1-6(2)7-4-3-5-7;;/h6-8H,3-5H2,1-2H3;7-8H,4-6H2,1-3H3;6H,3-5H2,1-2H3;6H,4-5H2,1-3H3;6-7H,3-5H2,1-2H3;6-7H,4-5H2,1-3H3;7H,3-6H2,1-2H3;3-4,7H,5-6H2,1-2H3;6H,3-5H2,1-2H3;2*1H4. The SMILES string of the molecule is C.C.CC(C)N1CC(C)(F)C1.CC(C)N1CC2CC2C1.CC(C)N1CC=CC1.CC(C)N1CCC(F)(F)C1.CC(C)N1CCC(F)C1.CC(C)N1CCC1.CC(C)N1CCCC1.CC1CCN(C(C)C)C1.CC1CN(C(C)C)C1. The van der Waals surface area contributed by atoms with Crippen LogP contribution < -0.4 is 0 Å². The molecule has 0 amide bonds.